The number of hydrogen-bond acceptors (Lipinski definition) is 1. The van der Waals surface area contributed by atoms with Gasteiger partial charge in [-0.1, -0.05) is 114 Å². The highest BCUT2D eigenvalue weighted by Gasteiger charge is 2.38. The Kier molecular flexibility index (Phi) is 16.5. The normalized spacial score (nSPS) is 14.2. The summed E-state index contributed by atoms with van der Waals surface area (Å²) in [5.74, 6) is 0. The highest BCUT2D eigenvalue weighted by atomic mass is 79.9. The predicted molar refractivity (Wildman–Crippen MR) is 131 cm³/mol. The fraction of sp³-hybridized carbons (Fsp3) is 0.917. The van der Waals surface area contributed by atoms with Crippen LogP contribution in [0.15, 0.2) is 12.2 Å². The number of allylic oxidation sites excluding steroid dienone is 1. The minimum absolute atomic E-state index is 0.291. The third-order valence-corrected chi connectivity index (χ3v) is 11.0. The van der Waals surface area contributed by atoms with Crippen LogP contribution in [-0.2, 0) is 4.43 Å². The van der Waals surface area contributed by atoms with E-state index in [0.717, 1.165) is 0 Å². The highest BCUT2D eigenvalue weighted by Crippen LogP contribution is 2.38. The van der Waals surface area contributed by atoms with Crippen molar-refractivity contribution in [3.63, 3.8) is 0 Å². The van der Waals surface area contributed by atoms with Gasteiger partial charge in [0.2, 0.25) is 0 Å². The summed E-state index contributed by atoms with van der Waals surface area (Å²) in [6, 6.07) is 0. The molecule has 0 aliphatic carbocycles. The van der Waals surface area contributed by atoms with Crippen molar-refractivity contribution in [2.45, 2.75) is 135 Å². The molecular weight excluding hydrogens is 412 g/mol. The van der Waals surface area contributed by atoms with Crippen LogP contribution in [-0.4, -0.2) is 19.8 Å². The van der Waals surface area contributed by atoms with E-state index in [1.807, 2.05) is 0 Å². The molecule has 0 heterocycles. The lowest BCUT2D eigenvalue weighted by atomic mass is 10.1. The Bertz CT molecular complexity index is 360. The van der Waals surface area contributed by atoms with Crippen LogP contribution in [0.4, 0.5) is 0 Å². The summed E-state index contributed by atoms with van der Waals surface area (Å²) in [7, 11) is -1.67. The minimum Gasteiger partial charge on any atom is -0.411 e. The maximum Gasteiger partial charge on any atom is 0.192 e. The Hall–Kier alpha value is 0.397. The van der Waals surface area contributed by atoms with Crippen LogP contribution in [0.2, 0.25) is 18.1 Å². The third kappa shape index (κ3) is 15.0. The average Bonchev–Trinajstić information content (AvgIpc) is 2.59. The first-order valence-electron chi connectivity index (χ1n) is 11.6. The van der Waals surface area contributed by atoms with Crippen LogP contribution < -0.4 is 0 Å². The number of unbranched alkanes of at least 4 members (excludes halogenated alkanes) is 10. The molecule has 0 spiro atoms. The van der Waals surface area contributed by atoms with Crippen molar-refractivity contribution in [1.29, 1.82) is 0 Å². The molecule has 0 aromatic heterocycles. The second-order valence-electron chi connectivity index (χ2n) is 9.65. The van der Waals surface area contributed by atoms with E-state index in [-0.39, 0.29) is 0 Å². The molecule has 0 aromatic rings. The Morgan fingerprint density at radius 3 is 1.85 bits per heavy atom. The van der Waals surface area contributed by atoms with Crippen molar-refractivity contribution in [2.24, 2.45) is 0 Å². The van der Waals surface area contributed by atoms with E-state index in [1.54, 1.807) is 0 Å². The van der Waals surface area contributed by atoms with Crippen molar-refractivity contribution in [3.05, 3.63) is 12.2 Å². The van der Waals surface area contributed by atoms with Crippen LogP contribution in [0.5, 0.6) is 0 Å². The third-order valence-electron chi connectivity index (χ3n) is 5.95. The Labute approximate surface area is 181 Å². The maximum absolute atomic E-state index is 6.65. The summed E-state index contributed by atoms with van der Waals surface area (Å²) >= 11 is 3.51. The molecule has 1 unspecified atom stereocenters. The molecule has 0 saturated heterocycles. The lowest BCUT2D eigenvalue weighted by Gasteiger charge is -2.38. The standard InChI is InChI=1S/C24H49BrOSi/c1-7-8-20-23(26-27(5,6)24(2,3)4)21-18-16-14-12-10-9-11-13-15-17-19-22-25/h18,21,23H,7-17,19-20,22H2,1-6H3/b21-18-. The first kappa shape index (κ1) is 27.4. The Morgan fingerprint density at radius 1 is 0.852 bits per heavy atom. The fourth-order valence-corrected chi connectivity index (χ4v) is 4.70. The summed E-state index contributed by atoms with van der Waals surface area (Å²) in [5, 5.41) is 1.46. The molecule has 162 valence electrons. The van der Waals surface area contributed by atoms with Gasteiger partial charge in [-0.2, -0.15) is 0 Å². The fourth-order valence-electron chi connectivity index (χ4n) is 3.00. The molecule has 0 fully saturated rings. The molecule has 1 atom stereocenters. The van der Waals surface area contributed by atoms with Gasteiger partial charge >= 0.3 is 0 Å². The van der Waals surface area contributed by atoms with Crippen molar-refractivity contribution in [1.82, 2.24) is 0 Å². The van der Waals surface area contributed by atoms with Gasteiger partial charge in [0.05, 0.1) is 6.10 Å². The predicted octanol–water partition coefficient (Wildman–Crippen LogP) is 9.42. The highest BCUT2D eigenvalue weighted by molar-refractivity contribution is 9.09. The Morgan fingerprint density at radius 2 is 1.37 bits per heavy atom. The van der Waals surface area contributed by atoms with E-state index in [1.165, 1.54) is 88.8 Å². The maximum atomic E-state index is 6.65. The molecule has 1 nitrogen and oxygen atoms in total. The average molecular weight is 462 g/mol. The van der Waals surface area contributed by atoms with E-state index in [4.69, 9.17) is 4.43 Å². The molecule has 0 saturated carbocycles. The zero-order valence-corrected chi connectivity index (χ0v) is 22.0. The van der Waals surface area contributed by atoms with Gasteiger partial charge in [-0.25, -0.2) is 0 Å². The molecule has 0 aliphatic rings. The summed E-state index contributed by atoms with van der Waals surface area (Å²) < 4.78 is 6.65. The zero-order chi connectivity index (χ0) is 20.6. The summed E-state index contributed by atoms with van der Waals surface area (Å²) in [5.41, 5.74) is 0. The number of rotatable bonds is 17. The van der Waals surface area contributed by atoms with Crippen molar-refractivity contribution >= 4 is 24.2 Å². The van der Waals surface area contributed by atoms with Gasteiger partial charge in [-0.3, -0.25) is 0 Å². The largest absolute Gasteiger partial charge is 0.411 e. The van der Waals surface area contributed by atoms with Gasteiger partial charge in [0.15, 0.2) is 8.32 Å². The van der Waals surface area contributed by atoms with Gasteiger partial charge < -0.3 is 4.43 Å². The zero-order valence-electron chi connectivity index (χ0n) is 19.4. The second-order valence-corrected chi connectivity index (χ2v) is 15.2. The van der Waals surface area contributed by atoms with Gasteiger partial charge in [0.25, 0.3) is 0 Å². The molecule has 0 aromatic carbocycles. The lowest BCUT2D eigenvalue weighted by molar-refractivity contribution is 0.211. The summed E-state index contributed by atoms with van der Waals surface area (Å²) in [6.07, 6.45) is 22.6. The van der Waals surface area contributed by atoms with Gasteiger partial charge in [0.1, 0.15) is 0 Å². The second kappa shape index (κ2) is 16.2. The van der Waals surface area contributed by atoms with Gasteiger partial charge in [-0.15, -0.1) is 0 Å². The van der Waals surface area contributed by atoms with E-state index < -0.39 is 8.32 Å². The quantitative estimate of drug-likeness (QED) is 0.0907. The van der Waals surface area contributed by atoms with E-state index in [9.17, 15) is 0 Å². The van der Waals surface area contributed by atoms with E-state index in [0.29, 0.717) is 11.1 Å². The monoisotopic (exact) mass is 460 g/mol. The first-order valence-corrected chi connectivity index (χ1v) is 15.7. The number of hydrogen-bond donors (Lipinski definition) is 0. The van der Waals surface area contributed by atoms with Crippen molar-refractivity contribution in [3.8, 4) is 0 Å². The Balaban J connectivity index is 3.98. The summed E-state index contributed by atoms with van der Waals surface area (Å²) in [6.45, 7) is 14.0. The molecule has 0 bridgehead atoms. The minimum atomic E-state index is -1.67. The van der Waals surface area contributed by atoms with Gasteiger partial charge in [-0.05, 0) is 43.8 Å². The number of alkyl halides is 1. The molecule has 27 heavy (non-hydrogen) atoms. The van der Waals surface area contributed by atoms with Crippen LogP contribution in [0.1, 0.15) is 111 Å². The molecule has 0 aliphatic heterocycles. The van der Waals surface area contributed by atoms with Gasteiger partial charge in [0, 0.05) is 5.33 Å². The first-order chi connectivity index (χ1) is 12.7. The van der Waals surface area contributed by atoms with E-state index >= 15 is 0 Å². The van der Waals surface area contributed by atoms with Crippen LogP contribution in [0.25, 0.3) is 0 Å². The van der Waals surface area contributed by atoms with E-state index in [2.05, 4.69) is 68.9 Å². The smallest absolute Gasteiger partial charge is 0.192 e. The molecule has 3 heteroatoms. The lowest BCUT2D eigenvalue weighted by Crippen LogP contribution is -2.43. The topological polar surface area (TPSA) is 9.23 Å². The summed E-state index contributed by atoms with van der Waals surface area (Å²) in [4.78, 5) is 0. The number of halogens is 1. The van der Waals surface area contributed by atoms with Crippen LogP contribution in [0.3, 0.4) is 0 Å². The SMILES string of the molecule is CCCCC(/C=C\CCCCCCCCCCCBr)O[Si](C)(C)C(C)(C)C. The molecule has 0 amide bonds. The molecule has 0 rings (SSSR count). The molecular formula is C24H49BrOSi. The van der Waals surface area contributed by atoms with Crippen LogP contribution >= 0.6 is 15.9 Å². The molecule has 0 N–H and O–H groups in total. The molecule has 0 radical (unpaired) electrons. The van der Waals surface area contributed by atoms with Crippen molar-refractivity contribution in [2.75, 3.05) is 5.33 Å². The van der Waals surface area contributed by atoms with Crippen molar-refractivity contribution < 1.29 is 4.43 Å². The van der Waals surface area contributed by atoms with Crippen LogP contribution in [0, 0.1) is 0 Å².